The molecule has 2 saturated carbocycles. The summed E-state index contributed by atoms with van der Waals surface area (Å²) in [6, 6.07) is 10.3. The van der Waals surface area contributed by atoms with Crippen molar-refractivity contribution in [1.82, 2.24) is 9.55 Å². The molecule has 0 bridgehead atoms. The van der Waals surface area contributed by atoms with E-state index in [0.717, 1.165) is 25.7 Å². The zero-order valence-corrected chi connectivity index (χ0v) is 17.8. The molecule has 1 saturated heterocycles. The summed E-state index contributed by atoms with van der Waals surface area (Å²) in [6.07, 6.45) is 6.67. The molecule has 3 N–H and O–H groups in total. The number of hydrogen-bond donors (Lipinski definition) is 2. The van der Waals surface area contributed by atoms with Gasteiger partial charge in [-0.2, -0.15) is 4.98 Å². The van der Waals surface area contributed by atoms with E-state index in [1.807, 2.05) is 6.07 Å². The normalized spacial score (nSPS) is 28.4. The number of hydrogen-bond acceptors (Lipinski definition) is 8. The van der Waals surface area contributed by atoms with Gasteiger partial charge in [-0.1, -0.05) is 24.6 Å². The van der Waals surface area contributed by atoms with Crippen LogP contribution in [0.25, 0.3) is 0 Å². The lowest BCUT2D eigenvalue weighted by molar-refractivity contribution is -0.206. The molecule has 5 rings (SSSR count). The number of nitrogens with zero attached hydrogens (tertiary/aromatic N) is 2. The molecule has 170 valence electrons. The lowest BCUT2D eigenvalue weighted by Crippen LogP contribution is -2.37. The van der Waals surface area contributed by atoms with Crippen LogP contribution in [-0.4, -0.2) is 40.1 Å². The number of nitrogens with two attached hydrogens (primary N) is 1. The highest BCUT2D eigenvalue weighted by molar-refractivity contribution is 5.89. The molecule has 2 aromatic rings. The van der Waals surface area contributed by atoms with Crippen molar-refractivity contribution in [1.29, 1.82) is 0 Å². The van der Waals surface area contributed by atoms with E-state index in [9.17, 15) is 9.59 Å². The van der Waals surface area contributed by atoms with Crippen LogP contribution in [0.4, 0.5) is 5.82 Å². The number of rotatable bonds is 5. The monoisotopic (exact) mass is 440 g/mol. The molecule has 9 nitrogen and oxygen atoms in total. The van der Waals surface area contributed by atoms with Crippen molar-refractivity contribution >= 4 is 11.8 Å². The first-order valence-corrected chi connectivity index (χ1v) is 11.2. The van der Waals surface area contributed by atoms with Crippen molar-refractivity contribution in [3.63, 3.8) is 0 Å². The van der Waals surface area contributed by atoms with Crippen LogP contribution >= 0.6 is 0 Å². The third-order valence-electron chi connectivity index (χ3n) is 6.80. The van der Waals surface area contributed by atoms with E-state index < -0.39 is 11.5 Å². The number of esters is 1. The first-order chi connectivity index (χ1) is 15.6. The molecule has 4 atom stereocenters. The molecular formula is C23H28N4O5. The van der Waals surface area contributed by atoms with Crippen LogP contribution in [0.2, 0.25) is 0 Å². The molecule has 0 unspecified atom stereocenters. The van der Waals surface area contributed by atoms with Gasteiger partial charge in [-0.05, 0) is 37.5 Å². The Morgan fingerprint density at radius 1 is 1.16 bits per heavy atom. The number of nitrogen functional groups attached to an aromatic ring is 1. The summed E-state index contributed by atoms with van der Waals surface area (Å²) in [4.78, 5) is 29.1. The second kappa shape index (κ2) is 8.65. The molecule has 2 heterocycles. The Labute approximate surface area is 185 Å². The van der Waals surface area contributed by atoms with Gasteiger partial charge in [0.2, 0.25) is 0 Å². The van der Waals surface area contributed by atoms with Crippen LogP contribution in [0, 0.1) is 5.92 Å². The molecule has 1 aromatic heterocycles. The first-order valence-electron chi connectivity index (χ1n) is 11.2. The van der Waals surface area contributed by atoms with Crippen molar-refractivity contribution in [3.05, 3.63) is 58.6 Å². The summed E-state index contributed by atoms with van der Waals surface area (Å²) >= 11 is 0. The largest absolute Gasteiger partial charge is 0.462 e. The van der Waals surface area contributed by atoms with Crippen molar-refractivity contribution in [3.8, 4) is 0 Å². The number of nitrogens with one attached hydrogen (secondary N) is 1. The van der Waals surface area contributed by atoms with Crippen molar-refractivity contribution in [2.24, 2.45) is 11.8 Å². The summed E-state index contributed by atoms with van der Waals surface area (Å²) in [7, 11) is 0. The Bertz CT molecular complexity index is 1020. The zero-order chi connectivity index (χ0) is 22.1. The summed E-state index contributed by atoms with van der Waals surface area (Å²) in [5.41, 5.74) is 2.50. The van der Waals surface area contributed by atoms with Gasteiger partial charge >= 0.3 is 11.7 Å². The predicted molar refractivity (Wildman–Crippen MR) is 116 cm³/mol. The summed E-state index contributed by atoms with van der Waals surface area (Å²) in [6.45, 7) is 0.204. The quantitative estimate of drug-likeness (QED) is 0.413. The second-order valence-corrected chi connectivity index (χ2v) is 8.81. The number of benzene rings is 1. The first kappa shape index (κ1) is 21.1. The Balaban J connectivity index is 1.38. The summed E-state index contributed by atoms with van der Waals surface area (Å²) < 4.78 is 20.3. The smallest absolute Gasteiger partial charge is 0.349 e. The molecule has 9 heteroatoms. The van der Waals surface area contributed by atoms with Crippen molar-refractivity contribution in [2.75, 3.05) is 12.0 Å². The minimum absolute atomic E-state index is 0.0850. The highest BCUT2D eigenvalue weighted by atomic mass is 16.8. The highest BCUT2D eigenvalue weighted by Crippen LogP contribution is 2.51. The number of fused-ring (bicyclic) bond motifs is 1. The fraction of sp³-hybridized carbons (Fsp3) is 0.522. The number of carbonyl (C=O) groups excluding carboxylic acids is 1. The van der Waals surface area contributed by atoms with E-state index in [2.05, 4.69) is 10.4 Å². The van der Waals surface area contributed by atoms with Crippen LogP contribution in [-0.2, 0) is 14.2 Å². The van der Waals surface area contributed by atoms with Crippen LogP contribution in [0.1, 0.15) is 54.9 Å². The molecule has 3 aliphatic rings. The fourth-order valence-electron chi connectivity index (χ4n) is 5.24. The molecule has 1 aromatic carbocycles. The van der Waals surface area contributed by atoms with Gasteiger partial charge in [-0.3, -0.25) is 4.57 Å². The van der Waals surface area contributed by atoms with E-state index in [1.54, 1.807) is 41.1 Å². The molecule has 32 heavy (non-hydrogen) atoms. The van der Waals surface area contributed by atoms with Crippen LogP contribution in [0.15, 0.2) is 47.4 Å². The standard InChI is InChI=1S/C23H28N4O5/c24-26-18-9-12-27(22(29)25-18)17-13-16(14-30-21(28)15-7-3-1-4-8-15)19-20(17)32-23(31-19)10-5-2-6-11-23/h1,3-4,7-9,12,16-17,19-20H,2,5-6,10-11,13-14,24H2,(H,25,26,29)/t16-,17-,19-,20+/m1/s1. The van der Waals surface area contributed by atoms with E-state index in [4.69, 9.17) is 20.1 Å². The van der Waals surface area contributed by atoms with E-state index in [1.165, 1.54) is 6.42 Å². The Morgan fingerprint density at radius 3 is 2.62 bits per heavy atom. The van der Waals surface area contributed by atoms with Crippen molar-refractivity contribution in [2.45, 2.75) is 62.6 Å². The maximum Gasteiger partial charge on any atom is 0.349 e. The molecule has 3 fully saturated rings. The number of carbonyl (C=O) groups is 1. The molecule has 2 aliphatic carbocycles. The van der Waals surface area contributed by atoms with E-state index >= 15 is 0 Å². The molecule has 1 aliphatic heterocycles. The zero-order valence-electron chi connectivity index (χ0n) is 17.8. The highest BCUT2D eigenvalue weighted by Gasteiger charge is 2.58. The van der Waals surface area contributed by atoms with Gasteiger partial charge in [0.1, 0.15) is 11.9 Å². The van der Waals surface area contributed by atoms with Gasteiger partial charge in [0.25, 0.3) is 0 Å². The third-order valence-corrected chi connectivity index (χ3v) is 6.80. The molecular weight excluding hydrogens is 412 g/mol. The number of ether oxygens (including phenoxy) is 3. The Morgan fingerprint density at radius 2 is 1.91 bits per heavy atom. The molecule has 1 spiro atoms. The number of aromatic nitrogens is 2. The van der Waals surface area contributed by atoms with Gasteiger partial charge in [-0.25, -0.2) is 15.4 Å². The van der Waals surface area contributed by atoms with Gasteiger partial charge in [0.15, 0.2) is 5.79 Å². The molecule has 0 radical (unpaired) electrons. The van der Waals surface area contributed by atoms with Crippen LogP contribution in [0.5, 0.6) is 0 Å². The maximum atomic E-state index is 12.7. The summed E-state index contributed by atoms with van der Waals surface area (Å²) in [5, 5.41) is 0. The van der Waals surface area contributed by atoms with Crippen LogP contribution < -0.4 is 17.0 Å². The number of hydrazine groups is 1. The lowest BCUT2D eigenvalue weighted by atomic mass is 9.94. The van der Waals surface area contributed by atoms with Gasteiger partial charge in [0.05, 0.1) is 24.3 Å². The maximum absolute atomic E-state index is 12.7. The Kier molecular flexibility index (Phi) is 5.71. The topological polar surface area (TPSA) is 118 Å². The average molecular weight is 441 g/mol. The Hall–Kier alpha value is -2.75. The second-order valence-electron chi connectivity index (χ2n) is 8.81. The SMILES string of the molecule is NNc1ccn([C@@H]2C[C@H](COC(=O)c3ccccc3)[C@H]3OC4(CCCCC4)O[C@H]32)c(=O)n1. The average Bonchev–Trinajstić information content (AvgIpc) is 3.33. The molecule has 0 amide bonds. The van der Waals surface area contributed by atoms with E-state index in [0.29, 0.717) is 17.8 Å². The summed E-state index contributed by atoms with van der Waals surface area (Å²) in [5.74, 6) is 4.63. The third kappa shape index (κ3) is 3.92. The van der Waals surface area contributed by atoms with Gasteiger partial charge < -0.3 is 19.6 Å². The van der Waals surface area contributed by atoms with Crippen LogP contribution in [0.3, 0.4) is 0 Å². The fourth-order valence-corrected chi connectivity index (χ4v) is 5.24. The van der Waals surface area contributed by atoms with Crippen molar-refractivity contribution < 1.29 is 19.0 Å². The number of anilines is 1. The van der Waals surface area contributed by atoms with E-state index in [-0.39, 0.29) is 36.7 Å². The lowest BCUT2D eigenvalue weighted by Gasteiger charge is -2.34. The van der Waals surface area contributed by atoms with Gasteiger partial charge in [-0.15, -0.1) is 0 Å². The minimum atomic E-state index is -0.607. The minimum Gasteiger partial charge on any atom is -0.462 e. The predicted octanol–water partition coefficient (Wildman–Crippen LogP) is 2.39. The van der Waals surface area contributed by atoms with Gasteiger partial charge in [0, 0.05) is 25.0 Å².